The van der Waals surface area contributed by atoms with Gasteiger partial charge in [0.25, 0.3) is 5.56 Å². The number of carbonyl (C=O) groups excluding carboxylic acids is 2. The fourth-order valence-corrected chi connectivity index (χ4v) is 2.21. The van der Waals surface area contributed by atoms with Gasteiger partial charge in [-0.2, -0.15) is 0 Å². The van der Waals surface area contributed by atoms with Crippen molar-refractivity contribution in [2.75, 3.05) is 5.73 Å². The van der Waals surface area contributed by atoms with Crippen LogP contribution in [0.2, 0.25) is 0 Å². The molecule has 0 saturated heterocycles. The van der Waals surface area contributed by atoms with E-state index in [0.29, 0.717) is 4.57 Å². The van der Waals surface area contributed by atoms with Crippen LogP contribution in [0, 0.1) is 6.88 Å². The number of benzene rings is 1. The van der Waals surface area contributed by atoms with Gasteiger partial charge < -0.3 is 5.73 Å². The number of ketones is 2. The number of anilines is 1. The summed E-state index contributed by atoms with van der Waals surface area (Å²) in [4.78, 5) is 41.4. The lowest BCUT2D eigenvalue weighted by Crippen LogP contribution is -2.36. The Morgan fingerprint density at radius 3 is 3.05 bits per heavy atom. The summed E-state index contributed by atoms with van der Waals surface area (Å²) in [5.41, 5.74) is 4.78. The molecular weight excluding hydrogens is 270 g/mol. The molecule has 0 spiro atoms. The number of nitrogens with zero attached hydrogens (tertiary/aromatic N) is 2. The first kappa shape index (κ1) is 8.07. The zero-order valence-electron chi connectivity index (χ0n) is 16.8. The highest BCUT2D eigenvalue weighted by molar-refractivity contribution is 6.03. The Morgan fingerprint density at radius 1 is 1.48 bits per heavy atom. The number of nitrogens with two attached hydrogens (primary N) is 1. The fraction of sp³-hybridized carbons (Fsp3) is 0.333. The third-order valence-corrected chi connectivity index (χ3v) is 3.17. The standard InChI is InChI=1S/C15H15N3O3/c1-8-17-11-4-2-3-10(16)14(11)15(21)18(8)12-6-5-9(19)7-13(12)20/h2-4,12H,5-7,16H2,1H3/i1D2,5D2,6D,12D. The quantitative estimate of drug-likeness (QED) is 0.628. The third kappa shape index (κ3) is 2.12. The predicted molar refractivity (Wildman–Crippen MR) is 78.1 cm³/mol. The van der Waals surface area contributed by atoms with Crippen molar-refractivity contribution in [3.63, 3.8) is 0 Å². The van der Waals surface area contributed by atoms with Crippen molar-refractivity contribution in [3.8, 4) is 0 Å². The largest absolute Gasteiger partial charge is 0.398 e. The van der Waals surface area contributed by atoms with Crippen LogP contribution in [0.3, 0.4) is 0 Å². The first-order chi connectivity index (χ1) is 12.4. The first-order valence-corrected chi connectivity index (χ1v) is 6.09. The topological polar surface area (TPSA) is 95.0 Å². The van der Waals surface area contributed by atoms with Gasteiger partial charge in [-0.15, -0.1) is 0 Å². The van der Waals surface area contributed by atoms with Gasteiger partial charge in [-0.1, -0.05) is 6.07 Å². The molecule has 1 aliphatic carbocycles. The fourth-order valence-electron chi connectivity index (χ4n) is 2.21. The second kappa shape index (κ2) is 4.80. The summed E-state index contributed by atoms with van der Waals surface area (Å²) in [6.45, 7) is -1.91. The number of carbonyl (C=O) groups is 2. The maximum atomic E-state index is 13.1. The lowest BCUT2D eigenvalue weighted by atomic mass is 9.92. The Morgan fingerprint density at radius 2 is 2.29 bits per heavy atom. The summed E-state index contributed by atoms with van der Waals surface area (Å²) < 4.78 is 47.9. The lowest BCUT2D eigenvalue weighted by molar-refractivity contribution is -0.132. The smallest absolute Gasteiger partial charge is 0.264 e. The molecule has 21 heavy (non-hydrogen) atoms. The molecule has 0 amide bonds. The van der Waals surface area contributed by atoms with E-state index in [9.17, 15) is 14.4 Å². The number of fused-ring (bicyclic) bond motifs is 1. The highest BCUT2D eigenvalue weighted by Crippen LogP contribution is 2.24. The highest BCUT2D eigenvalue weighted by Gasteiger charge is 2.30. The zero-order valence-corrected chi connectivity index (χ0v) is 10.8. The number of nitrogen functional groups attached to an aromatic ring is 1. The molecule has 108 valence electrons. The maximum absolute atomic E-state index is 13.1. The minimum atomic E-state index is -2.87. The lowest BCUT2D eigenvalue weighted by Gasteiger charge is -2.24. The molecular formula is C15H15N3O3. The molecule has 2 aromatic rings. The van der Waals surface area contributed by atoms with E-state index in [-0.39, 0.29) is 16.6 Å². The Balaban J connectivity index is 2.45. The van der Waals surface area contributed by atoms with E-state index in [2.05, 4.69) is 4.98 Å². The number of aromatic nitrogens is 2. The Labute approximate surface area is 129 Å². The normalized spacial score (nSPS) is 32.9. The number of Topliss-reactive ketones (excluding diaryl/α,β-unsaturated/α-hetero) is 2. The molecule has 0 bridgehead atoms. The van der Waals surface area contributed by atoms with Crippen molar-refractivity contribution in [2.45, 2.75) is 32.1 Å². The van der Waals surface area contributed by atoms with Gasteiger partial charge in [-0.25, -0.2) is 4.98 Å². The second-order valence-corrected chi connectivity index (χ2v) is 4.55. The molecule has 1 aliphatic rings. The average Bonchev–Trinajstić information content (AvgIpc) is 2.58. The molecule has 1 heterocycles. The van der Waals surface area contributed by atoms with Crippen molar-refractivity contribution in [3.05, 3.63) is 34.4 Å². The Hall–Kier alpha value is -2.50. The molecule has 2 N–H and O–H groups in total. The van der Waals surface area contributed by atoms with Crippen LogP contribution in [0.1, 0.15) is 39.3 Å². The molecule has 1 fully saturated rings. The molecule has 2 unspecified atom stereocenters. The van der Waals surface area contributed by atoms with Crippen LogP contribution in [-0.2, 0) is 9.59 Å². The highest BCUT2D eigenvalue weighted by atomic mass is 16.2. The second-order valence-electron chi connectivity index (χ2n) is 4.55. The summed E-state index contributed by atoms with van der Waals surface area (Å²) in [6, 6.07) is 1.42. The molecule has 3 rings (SSSR count). The van der Waals surface area contributed by atoms with E-state index in [1.165, 1.54) is 18.2 Å². The van der Waals surface area contributed by atoms with Gasteiger partial charge in [0.05, 0.1) is 24.7 Å². The van der Waals surface area contributed by atoms with Crippen molar-refractivity contribution >= 4 is 28.2 Å². The van der Waals surface area contributed by atoms with Crippen molar-refractivity contribution in [1.29, 1.82) is 0 Å². The number of rotatable bonds is 1. The molecule has 2 atom stereocenters. The monoisotopic (exact) mass is 291 g/mol. The molecule has 0 aliphatic heterocycles. The van der Waals surface area contributed by atoms with Gasteiger partial charge in [0.2, 0.25) is 0 Å². The zero-order chi connectivity index (χ0) is 20.3. The van der Waals surface area contributed by atoms with E-state index in [1.54, 1.807) is 0 Å². The minimum Gasteiger partial charge on any atom is -0.398 e. The first-order valence-electron chi connectivity index (χ1n) is 9.32. The van der Waals surface area contributed by atoms with E-state index in [0.717, 1.165) is 0 Å². The van der Waals surface area contributed by atoms with Gasteiger partial charge >= 0.3 is 0 Å². The van der Waals surface area contributed by atoms with Crippen LogP contribution in [0.15, 0.2) is 23.0 Å². The SMILES string of the molecule is [2H]C([2H])c1nc2cccc(N)c2c(=O)n1C1([2H])C(=O)CC(=O)C([2H])([2H])C1[2H]. The van der Waals surface area contributed by atoms with E-state index in [4.69, 9.17) is 14.0 Å². The van der Waals surface area contributed by atoms with Crippen LogP contribution in [-0.4, -0.2) is 21.1 Å². The van der Waals surface area contributed by atoms with Crippen molar-refractivity contribution in [1.82, 2.24) is 9.55 Å². The number of hydrogen-bond donors (Lipinski definition) is 1. The van der Waals surface area contributed by atoms with Gasteiger partial charge in [-0.3, -0.25) is 19.0 Å². The third-order valence-electron chi connectivity index (χ3n) is 3.17. The summed E-state index contributed by atoms with van der Waals surface area (Å²) in [5.74, 6) is -2.95. The van der Waals surface area contributed by atoms with Crippen LogP contribution in [0.4, 0.5) is 5.69 Å². The van der Waals surface area contributed by atoms with Gasteiger partial charge in [0.1, 0.15) is 11.6 Å². The molecule has 0 radical (unpaired) electrons. The summed E-state index contributed by atoms with van der Waals surface area (Å²) in [7, 11) is 0. The van der Waals surface area contributed by atoms with Gasteiger partial charge in [0.15, 0.2) is 5.78 Å². The van der Waals surface area contributed by atoms with Gasteiger partial charge in [-0.05, 0) is 25.4 Å². The molecule has 6 heteroatoms. The Bertz CT molecular complexity index is 1040. The van der Waals surface area contributed by atoms with E-state index < -0.39 is 55.0 Å². The molecule has 1 saturated carbocycles. The van der Waals surface area contributed by atoms with E-state index >= 15 is 0 Å². The Kier molecular flexibility index (Phi) is 1.84. The molecule has 6 nitrogen and oxygen atoms in total. The van der Waals surface area contributed by atoms with Crippen LogP contribution in [0.25, 0.3) is 10.9 Å². The summed E-state index contributed by atoms with van der Waals surface area (Å²) >= 11 is 0. The van der Waals surface area contributed by atoms with Gasteiger partial charge in [0, 0.05) is 18.9 Å². The molecule has 1 aromatic carbocycles. The van der Waals surface area contributed by atoms with Crippen LogP contribution < -0.4 is 11.3 Å². The summed E-state index contributed by atoms with van der Waals surface area (Å²) in [5, 5.41) is -0.175. The average molecular weight is 291 g/mol. The van der Waals surface area contributed by atoms with E-state index in [1.807, 2.05) is 0 Å². The maximum Gasteiger partial charge on any atom is 0.264 e. The van der Waals surface area contributed by atoms with Crippen LogP contribution >= 0.6 is 0 Å². The van der Waals surface area contributed by atoms with Crippen molar-refractivity contribution < 1.29 is 17.8 Å². The minimum absolute atomic E-state index is 0.0238. The van der Waals surface area contributed by atoms with Crippen molar-refractivity contribution in [2.24, 2.45) is 0 Å². The predicted octanol–water partition coefficient (Wildman–Crippen LogP) is 1.15. The van der Waals surface area contributed by atoms with Crippen LogP contribution in [0.5, 0.6) is 0 Å². The molecule has 1 aromatic heterocycles. The number of aryl methyl sites for hydroxylation is 1. The summed E-state index contributed by atoms with van der Waals surface area (Å²) in [6.07, 6.45) is -6.15. The number of hydrogen-bond acceptors (Lipinski definition) is 5.